The van der Waals surface area contributed by atoms with Crippen molar-refractivity contribution in [1.29, 1.82) is 0 Å². The van der Waals surface area contributed by atoms with Crippen LogP contribution in [-0.4, -0.2) is 39.3 Å². The highest BCUT2D eigenvalue weighted by atomic mass is 16.4. The van der Waals surface area contributed by atoms with E-state index in [1.165, 1.54) is 0 Å². The van der Waals surface area contributed by atoms with Crippen molar-refractivity contribution in [2.45, 2.75) is 76.9 Å². The number of ketones is 1. The fraction of sp³-hybridized carbons (Fsp3) is 0.700. The van der Waals surface area contributed by atoms with Crippen LogP contribution in [0, 0.1) is 11.8 Å². The van der Waals surface area contributed by atoms with Crippen molar-refractivity contribution < 1.29 is 24.9 Å². The molecular weight excluding hydrogens is 320 g/mol. The minimum atomic E-state index is -0.757. The van der Waals surface area contributed by atoms with E-state index in [1.807, 2.05) is 12.2 Å². The fourth-order valence-corrected chi connectivity index (χ4v) is 3.16. The van der Waals surface area contributed by atoms with Crippen LogP contribution in [0.25, 0.3) is 0 Å². The minimum absolute atomic E-state index is 0.0398. The molecule has 0 unspecified atom stereocenters. The summed E-state index contributed by atoms with van der Waals surface area (Å²) in [4.78, 5) is 22.5. The molecule has 0 aromatic heterocycles. The zero-order valence-corrected chi connectivity index (χ0v) is 15.1. The third-order valence-corrected chi connectivity index (χ3v) is 4.65. The summed E-state index contributed by atoms with van der Waals surface area (Å²) >= 11 is 0. The summed E-state index contributed by atoms with van der Waals surface area (Å²) in [7, 11) is 0. The first-order valence-corrected chi connectivity index (χ1v) is 9.38. The summed E-state index contributed by atoms with van der Waals surface area (Å²) in [6.07, 6.45) is 12.8. The van der Waals surface area contributed by atoms with Crippen LogP contribution in [0.1, 0.15) is 64.7 Å². The molecule has 25 heavy (non-hydrogen) atoms. The third-order valence-electron chi connectivity index (χ3n) is 4.65. The van der Waals surface area contributed by atoms with Crippen LogP contribution >= 0.6 is 0 Å². The van der Waals surface area contributed by atoms with Gasteiger partial charge >= 0.3 is 5.97 Å². The monoisotopic (exact) mass is 352 g/mol. The maximum Gasteiger partial charge on any atom is 0.303 e. The predicted molar refractivity (Wildman–Crippen MR) is 97.1 cm³/mol. The Hall–Kier alpha value is -1.46. The van der Waals surface area contributed by atoms with Crippen molar-refractivity contribution in [3.8, 4) is 0 Å². The molecule has 0 amide bonds. The molecule has 0 spiro atoms. The highest BCUT2D eigenvalue weighted by molar-refractivity contribution is 5.94. The van der Waals surface area contributed by atoms with Crippen LogP contribution in [0.3, 0.4) is 0 Å². The van der Waals surface area contributed by atoms with E-state index < -0.39 is 12.1 Å². The van der Waals surface area contributed by atoms with Gasteiger partial charge in [-0.25, -0.2) is 0 Å². The number of aliphatic carboxylic acids is 1. The Kier molecular flexibility index (Phi) is 10.3. The van der Waals surface area contributed by atoms with Crippen molar-refractivity contribution >= 4 is 11.8 Å². The van der Waals surface area contributed by atoms with Crippen molar-refractivity contribution in [1.82, 2.24) is 0 Å². The van der Waals surface area contributed by atoms with Crippen molar-refractivity contribution in [3.05, 3.63) is 24.3 Å². The number of carbonyl (C=O) groups excluding carboxylic acids is 1. The fourth-order valence-electron chi connectivity index (χ4n) is 3.16. The van der Waals surface area contributed by atoms with E-state index in [4.69, 9.17) is 5.11 Å². The van der Waals surface area contributed by atoms with Crippen molar-refractivity contribution in [3.63, 3.8) is 0 Å². The number of carboxylic acid groups (broad SMARTS) is 1. The first kappa shape index (κ1) is 21.6. The number of hydrogen-bond donors (Lipinski definition) is 3. The van der Waals surface area contributed by atoms with Gasteiger partial charge in [0.2, 0.25) is 0 Å². The van der Waals surface area contributed by atoms with Crippen LogP contribution < -0.4 is 0 Å². The minimum Gasteiger partial charge on any atom is -0.481 e. The van der Waals surface area contributed by atoms with Crippen LogP contribution in [0.15, 0.2) is 24.3 Å². The lowest BCUT2D eigenvalue weighted by molar-refractivity contribution is -0.137. The standard InChI is InChI=1S/C20H32O5/c1-15(21)7-6-8-17(22)13-11-16-12-14-19(23)18(16)9-4-2-3-5-10-20(24)25/h11-18,21-22H,2-10H2,1H3,(H,24,25)/b13-11-/t15-,16+,17+,18-/m0/s1. The Morgan fingerprint density at radius 2 is 1.88 bits per heavy atom. The lowest BCUT2D eigenvalue weighted by atomic mass is 9.88. The van der Waals surface area contributed by atoms with Crippen LogP contribution in [0.2, 0.25) is 0 Å². The number of hydrogen-bond acceptors (Lipinski definition) is 4. The van der Waals surface area contributed by atoms with Crippen molar-refractivity contribution in [2.24, 2.45) is 11.8 Å². The highest BCUT2D eigenvalue weighted by Crippen LogP contribution is 2.29. The zero-order valence-electron chi connectivity index (χ0n) is 15.1. The first-order chi connectivity index (χ1) is 11.9. The van der Waals surface area contributed by atoms with E-state index in [2.05, 4.69) is 0 Å². The number of carbonyl (C=O) groups is 2. The maximum atomic E-state index is 12.0. The van der Waals surface area contributed by atoms with E-state index in [1.54, 1.807) is 19.1 Å². The molecule has 0 saturated heterocycles. The van der Waals surface area contributed by atoms with E-state index in [-0.39, 0.29) is 30.1 Å². The summed E-state index contributed by atoms with van der Waals surface area (Å²) < 4.78 is 0. The average Bonchev–Trinajstić information content (AvgIpc) is 2.88. The molecule has 5 nitrogen and oxygen atoms in total. The molecule has 0 aromatic carbocycles. The average molecular weight is 352 g/mol. The Morgan fingerprint density at radius 1 is 1.16 bits per heavy atom. The number of allylic oxidation sites excluding steroid dienone is 3. The van der Waals surface area contributed by atoms with Gasteiger partial charge in [-0.3, -0.25) is 9.59 Å². The highest BCUT2D eigenvalue weighted by Gasteiger charge is 2.27. The second-order valence-corrected chi connectivity index (χ2v) is 7.02. The van der Waals surface area contributed by atoms with Gasteiger partial charge in [0.1, 0.15) is 0 Å². The smallest absolute Gasteiger partial charge is 0.303 e. The maximum absolute atomic E-state index is 12.0. The van der Waals surface area contributed by atoms with Crippen LogP contribution in [0.5, 0.6) is 0 Å². The molecule has 5 heteroatoms. The summed E-state index contributed by atoms with van der Waals surface area (Å²) in [5, 5.41) is 27.8. The molecule has 1 aliphatic carbocycles. The van der Waals surface area contributed by atoms with Gasteiger partial charge in [0.25, 0.3) is 0 Å². The molecule has 142 valence electrons. The lowest BCUT2D eigenvalue weighted by Crippen LogP contribution is -2.15. The Balaban J connectivity index is 2.30. The van der Waals surface area contributed by atoms with Gasteiger partial charge in [-0.15, -0.1) is 0 Å². The molecule has 0 radical (unpaired) electrons. The normalized spacial score (nSPS) is 22.6. The Bertz CT molecular complexity index is 467. The number of aliphatic hydroxyl groups excluding tert-OH is 2. The van der Waals surface area contributed by atoms with Crippen molar-refractivity contribution in [2.75, 3.05) is 0 Å². The SMILES string of the molecule is C[C@H](O)CCC[C@@H](O)/C=C\[C@@H]1C=CC(=O)[C@H]1CCCCCCC(=O)O. The predicted octanol–water partition coefficient (Wildman–Crippen LogP) is 3.25. The largest absolute Gasteiger partial charge is 0.481 e. The molecular formula is C20H32O5. The van der Waals surface area contributed by atoms with Crippen LogP contribution in [0.4, 0.5) is 0 Å². The van der Waals surface area contributed by atoms with Gasteiger partial charge in [0, 0.05) is 18.3 Å². The molecule has 0 aromatic rings. The number of aliphatic hydroxyl groups is 2. The lowest BCUT2D eigenvalue weighted by Gasteiger charge is -2.15. The van der Waals surface area contributed by atoms with Gasteiger partial charge in [-0.2, -0.15) is 0 Å². The molecule has 0 saturated carbocycles. The van der Waals surface area contributed by atoms with E-state index in [0.29, 0.717) is 19.3 Å². The summed E-state index contributed by atoms with van der Waals surface area (Å²) in [6, 6.07) is 0. The Labute approximate surface area is 150 Å². The van der Waals surface area contributed by atoms with Crippen LogP contribution in [-0.2, 0) is 9.59 Å². The third kappa shape index (κ3) is 9.56. The number of unbranched alkanes of at least 4 members (excludes halogenated alkanes) is 3. The van der Waals surface area contributed by atoms with E-state index >= 15 is 0 Å². The summed E-state index contributed by atoms with van der Waals surface area (Å²) in [5.74, 6) is -0.630. The summed E-state index contributed by atoms with van der Waals surface area (Å²) in [5.41, 5.74) is 0. The number of carboxylic acids is 1. The molecule has 0 bridgehead atoms. The Morgan fingerprint density at radius 3 is 2.56 bits per heavy atom. The molecule has 1 rings (SSSR count). The molecule has 1 aliphatic rings. The van der Waals surface area contributed by atoms with Gasteiger partial charge in [-0.05, 0) is 45.1 Å². The summed E-state index contributed by atoms with van der Waals surface area (Å²) in [6.45, 7) is 1.74. The molecule has 0 fully saturated rings. The molecule has 0 heterocycles. The second-order valence-electron chi connectivity index (χ2n) is 7.02. The van der Waals surface area contributed by atoms with Gasteiger partial charge in [0.05, 0.1) is 12.2 Å². The molecule has 4 atom stereocenters. The first-order valence-electron chi connectivity index (χ1n) is 9.38. The zero-order chi connectivity index (χ0) is 18.7. The van der Waals surface area contributed by atoms with E-state index in [0.717, 1.165) is 32.1 Å². The number of rotatable bonds is 13. The van der Waals surface area contributed by atoms with Gasteiger partial charge < -0.3 is 15.3 Å². The molecule has 3 N–H and O–H groups in total. The topological polar surface area (TPSA) is 94.8 Å². The second kappa shape index (κ2) is 12.0. The van der Waals surface area contributed by atoms with E-state index in [9.17, 15) is 19.8 Å². The van der Waals surface area contributed by atoms with Gasteiger partial charge in [-0.1, -0.05) is 37.5 Å². The quantitative estimate of drug-likeness (QED) is 0.349. The van der Waals surface area contributed by atoms with Gasteiger partial charge in [0.15, 0.2) is 5.78 Å². The molecule has 0 aliphatic heterocycles.